The van der Waals surface area contributed by atoms with Crippen molar-refractivity contribution in [1.82, 2.24) is 0 Å². The number of nitrogens with zero attached hydrogens (tertiary/aromatic N) is 1. The summed E-state index contributed by atoms with van der Waals surface area (Å²) in [4.78, 5) is 11.0. The third-order valence-corrected chi connectivity index (χ3v) is 3.27. The summed E-state index contributed by atoms with van der Waals surface area (Å²) >= 11 is 0. The van der Waals surface area contributed by atoms with Crippen LogP contribution in [-0.2, 0) is 6.42 Å². The molecule has 2 aromatic rings. The van der Waals surface area contributed by atoms with Crippen LogP contribution < -0.4 is 10.5 Å². The fourth-order valence-corrected chi connectivity index (χ4v) is 1.95. The molecule has 0 aliphatic carbocycles. The molecule has 0 aliphatic heterocycles. The molecule has 0 saturated carbocycles. The first kappa shape index (κ1) is 14.8. The number of hydrazone groups is 1. The van der Waals surface area contributed by atoms with E-state index in [4.69, 9.17) is 0 Å². The summed E-state index contributed by atoms with van der Waals surface area (Å²) in [6.45, 7) is 3.98. The van der Waals surface area contributed by atoms with Gasteiger partial charge < -0.3 is 9.90 Å². The van der Waals surface area contributed by atoms with Crippen molar-refractivity contribution in [2.24, 2.45) is 5.10 Å². The molecule has 0 spiro atoms. The predicted octanol–water partition coefficient (Wildman–Crippen LogP) is 2.45. The van der Waals surface area contributed by atoms with Crippen LogP contribution in [0.3, 0.4) is 0 Å². The van der Waals surface area contributed by atoms with Gasteiger partial charge in [0, 0.05) is 5.56 Å². The van der Waals surface area contributed by atoms with Crippen LogP contribution in [0.4, 0.5) is 5.69 Å². The molecule has 108 valence electrons. The maximum Gasteiger partial charge on any atom is 0.0736 e. The largest absolute Gasteiger partial charge is 0.545 e. The maximum atomic E-state index is 11.0. The highest BCUT2D eigenvalue weighted by molar-refractivity contribution is 5.99. The van der Waals surface area contributed by atoms with Crippen molar-refractivity contribution in [3.8, 4) is 0 Å². The molecule has 0 bridgehead atoms. The molecule has 4 nitrogen and oxygen atoms in total. The van der Waals surface area contributed by atoms with Crippen molar-refractivity contribution in [2.45, 2.75) is 20.3 Å². The van der Waals surface area contributed by atoms with Gasteiger partial charge in [-0.2, -0.15) is 5.10 Å². The highest BCUT2D eigenvalue weighted by atomic mass is 16.4. The van der Waals surface area contributed by atoms with Crippen LogP contribution in [0.15, 0.2) is 53.6 Å². The molecule has 0 unspecified atom stereocenters. The zero-order valence-electron chi connectivity index (χ0n) is 12.1. The van der Waals surface area contributed by atoms with E-state index in [1.807, 2.05) is 19.1 Å². The average molecular weight is 281 g/mol. The lowest BCUT2D eigenvalue weighted by atomic mass is 10.1. The highest BCUT2D eigenvalue weighted by Gasteiger charge is 2.02. The zero-order valence-corrected chi connectivity index (χ0v) is 12.1. The van der Waals surface area contributed by atoms with Gasteiger partial charge in [0.25, 0.3) is 0 Å². The zero-order chi connectivity index (χ0) is 15.2. The molecule has 2 aromatic carbocycles. The van der Waals surface area contributed by atoms with Gasteiger partial charge >= 0.3 is 0 Å². The number of aryl methyl sites for hydroxylation is 1. The molecule has 0 atom stereocenters. The van der Waals surface area contributed by atoms with E-state index in [1.165, 1.54) is 11.6 Å². The van der Waals surface area contributed by atoms with Gasteiger partial charge in [-0.05, 0) is 30.5 Å². The Balaban J connectivity index is 2.18. The lowest BCUT2D eigenvalue weighted by Gasteiger charge is -2.10. The minimum absolute atomic E-state index is 0.0929. The molecule has 2 rings (SSSR count). The minimum atomic E-state index is -1.22. The predicted molar refractivity (Wildman–Crippen MR) is 82.4 cm³/mol. The van der Waals surface area contributed by atoms with Crippen LogP contribution in [0.2, 0.25) is 0 Å². The van der Waals surface area contributed by atoms with Crippen LogP contribution in [-0.4, -0.2) is 11.7 Å². The van der Waals surface area contributed by atoms with Gasteiger partial charge in [0.15, 0.2) is 0 Å². The van der Waals surface area contributed by atoms with Gasteiger partial charge in [-0.1, -0.05) is 49.4 Å². The summed E-state index contributed by atoms with van der Waals surface area (Å²) in [5.74, 6) is -1.22. The highest BCUT2D eigenvalue weighted by Crippen LogP contribution is 2.14. The lowest BCUT2D eigenvalue weighted by molar-refractivity contribution is -0.254. The molecule has 4 heteroatoms. The molecule has 0 amide bonds. The molecule has 0 fully saturated rings. The van der Waals surface area contributed by atoms with Crippen molar-refractivity contribution in [3.05, 3.63) is 65.2 Å². The molecule has 1 N–H and O–H groups in total. The smallest absolute Gasteiger partial charge is 0.0736 e. The molecule has 0 saturated heterocycles. The molecule has 0 aromatic heterocycles. The Labute approximate surface area is 124 Å². The van der Waals surface area contributed by atoms with E-state index in [1.54, 1.807) is 18.2 Å². The van der Waals surface area contributed by atoms with E-state index in [2.05, 4.69) is 29.6 Å². The molecule has 0 aliphatic rings. The molecule has 21 heavy (non-hydrogen) atoms. The van der Waals surface area contributed by atoms with E-state index in [-0.39, 0.29) is 5.56 Å². The van der Waals surface area contributed by atoms with Gasteiger partial charge in [-0.3, -0.25) is 5.43 Å². The number of carbonyl (C=O) groups is 1. The first-order valence-corrected chi connectivity index (χ1v) is 6.81. The Morgan fingerprint density at radius 2 is 1.81 bits per heavy atom. The standard InChI is InChI=1S/C17H18N2O2/c1-3-13-8-10-14(11-9-13)12(2)18-19-16-7-5-4-6-15(16)17(20)21/h4-11,19H,3H2,1-2H3,(H,20,21)/p-1/b18-12-. The fourth-order valence-electron chi connectivity index (χ4n) is 1.95. The summed E-state index contributed by atoms with van der Waals surface area (Å²) in [6, 6.07) is 14.7. The fraction of sp³-hybridized carbons (Fsp3) is 0.176. The van der Waals surface area contributed by atoms with Gasteiger partial charge in [0.1, 0.15) is 0 Å². The summed E-state index contributed by atoms with van der Waals surface area (Å²) in [7, 11) is 0. The summed E-state index contributed by atoms with van der Waals surface area (Å²) in [5, 5.41) is 15.2. The molecular formula is C17H17N2O2-. The third kappa shape index (κ3) is 3.69. The minimum Gasteiger partial charge on any atom is -0.545 e. The number of benzene rings is 2. The monoisotopic (exact) mass is 281 g/mol. The van der Waals surface area contributed by atoms with Crippen LogP contribution in [0, 0.1) is 0 Å². The quantitative estimate of drug-likeness (QED) is 0.676. The average Bonchev–Trinajstić information content (AvgIpc) is 2.52. The van der Waals surface area contributed by atoms with Crippen molar-refractivity contribution in [2.75, 3.05) is 5.43 Å². The molecular weight excluding hydrogens is 264 g/mol. The third-order valence-electron chi connectivity index (χ3n) is 3.27. The summed E-state index contributed by atoms with van der Waals surface area (Å²) < 4.78 is 0. The van der Waals surface area contributed by atoms with Crippen LogP contribution in [0.1, 0.15) is 35.3 Å². The van der Waals surface area contributed by atoms with E-state index < -0.39 is 5.97 Å². The number of carbonyl (C=O) groups excluding carboxylic acids is 1. The van der Waals surface area contributed by atoms with E-state index in [9.17, 15) is 9.90 Å². The Kier molecular flexibility index (Phi) is 4.72. The van der Waals surface area contributed by atoms with Crippen molar-refractivity contribution >= 4 is 17.4 Å². The maximum absolute atomic E-state index is 11.0. The Morgan fingerprint density at radius 3 is 2.43 bits per heavy atom. The number of rotatable bonds is 5. The second kappa shape index (κ2) is 6.70. The lowest BCUT2D eigenvalue weighted by Crippen LogP contribution is -2.23. The second-order valence-electron chi connectivity index (χ2n) is 4.69. The number of nitrogens with one attached hydrogen (secondary N) is 1. The SMILES string of the molecule is CCc1ccc(/C(C)=N\Nc2ccccc2C(=O)[O-])cc1. The number of hydrogen-bond acceptors (Lipinski definition) is 4. The molecule has 0 radical (unpaired) electrons. The van der Waals surface area contributed by atoms with Crippen molar-refractivity contribution < 1.29 is 9.90 Å². The van der Waals surface area contributed by atoms with E-state index in [0.29, 0.717) is 5.69 Å². The second-order valence-corrected chi connectivity index (χ2v) is 4.69. The van der Waals surface area contributed by atoms with Gasteiger partial charge in [0.05, 0.1) is 17.4 Å². The number of carboxylic acids is 1. The Morgan fingerprint density at radius 1 is 1.14 bits per heavy atom. The first-order chi connectivity index (χ1) is 10.1. The van der Waals surface area contributed by atoms with Gasteiger partial charge in [0.2, 0.25) is 0 Å². The number of anilines is 1. The van der Waals surface area contributed by atoms with Crippen LogP contribution >= 0.6 is 0 Å². The van der Waals surface area contributed by atoms with Crippen LogP contribution in [0.5, 0.6) is 0 Å². The normalized spacial score (nSPS) is 11.2. The summed E-state index contributed by atoms with van der Waals surface area (Å²) in [5.41, 5.74) is 6.34. The Bertz CT molecular complexity index is 661. The van der Waals surface area contributed by atoms with Crippen molar-refractivity contribution in [3.63, 3.8) is 0 Å². The van der Waals surface area contributed by atoms with Gasteiger partial charge in [-0.25, -0.2) is 0 Å². The summed E-state index contributed by atoms with van der Waals surface area (Å²) in [6.07, 6.45) is 0.994. The number of para-hydroxylation sites is 1. The Hall–Kier alpha value is -2.62. The number of carboxylic acid groups (broad SMARTS) is 1. The molecule has 0 heterocycles. The van der Waals surface area contributed by atoms with E-state index in [0.717, 1.165) is 17.7 Å². The van der Waals surface area contributed by atoms with E-state index >= 15 is 0 Å². The number of hydrogen-bond donors (Lipinski definition) is 1. The van der Waals surface area contributed by atoms with Crippen molar-refractivity contribution in [1.29, 1.82) is 0 Å². The van der Waals surface area contributed by atoms with Crippen LogP contribution in [0.25, 0.3) is 0 Å². The first-order valence-electron chi connectivity index (χ1n) is 6.81. The topological polar surface area (TPSA) is 64.5 Å². The van der Waals surface area contributed by atoms with Gasteiger partial charge in [-0.15, -0.1) is 0 Å². The number of aromatic carboxylic acids is 1.